The lowest BCUT2D eigenvalue weighted by molar-refractivity contribution is 0.584. The van der Waals surface area contributed by atoms with Crippen molar-refractivity contribution < 1.29 is 0 Å². The average molecular weight is 205 g/mol. The van der Waals surface area contributed by atoms with Crippen LogP contribution in [0.5, 0.6) is 0 Å². The molecule has 0 rings (SSSR count). The predicted molar refractivity (Wildman–Crippen MR) is 66.5 cm³/mol. The van der Waals surface area contributed by atoms with Crippen molar-refractivity contribution >= 4 is 0 Å². The summed E-state index contributed by atoms with van der Waals surface area (Å²) in [5.41, 5.74) is 0. The molecule has 0 aliphatic heterocycles. The fourth-order valence-electron chi connectivity index (χ4n) is 1.57. The molecule has 0 aromatic rings. The minimum atomic E-state index is 1.06. The second-order valence-corrected chi connectivity index (χ2v) is 3.87. The highest BCUT2D eigenvalue weighted by atomic mass is 14.2. The minimum Gasteiger partial charge on any atom is -0.193 e. The molecule has 15 heavy (non-hydrogen) atoms. The van der Waals surface area contributed by atoms with Crippen LogP contribution in [0, 0.1) is 11.3 Å². The summed E-state index contributed by atoms with van der Waals surface area (Å²) >= 11 is 0. The SMILES string of the molecule is C=CCCCCCCCCC/C=C/C#N. The third-order valence-corrected chi connectivity index (χ3v) is 2.47. The molecule has 0 N–H and O–H groups in total. The van der Waals surface area contributed by atoms with Crippen molar-refractivity contribution in [3.05, 3.63) is 24.8 Å². The molecule has 0 aromatic carbocycles. The number of hydrogen-bond acceptors (Lipinski definition) is 1. The Labute approximate surface area is 94.5 Å². The van der Waals surface area contributed by atoms with Crippen molar-refractivity contribution in [1.29, 1.82) is 5.26 Å². The lowest BCUT2D eigenvalue weighted by Gasteiger charge is -1.99. The largest absolute Gasteiger partial charge is 0.193 e. The van der Waals surface area contributed by atoms with Gasteiger partial charge in [0.25, 0.3) is 0 Å². The Balaban J connectivity index is 2.96. The number of nitrogens with zero attached hydrogens (tertiary/aromatic N) is 1. The van der Waals surface area contributed by atoms with Crippen molar-refractivity contribution in [1.82, 2.24) is 0 Å². The van der Waals surface area contributed by atoms with Gasteiger partial charge in [-0.15, -0.1) is 6.58 Å². The first-order valence-corrected chi connectivity index (χ1v) is 6.07. The third-order valence-electron chi connectivity index (χ3n) is 2.47. The van der Waals surface area contributed by atoms with Crippen molar-refractivity contribution in [2.75, 3.05) is 0 Å². The van der Waals surface area contributed by atoms with E-state index in [0.717, 1.165) is 6.42 Å². The van der Waals surface area contributed by atoms with Gasteiger partial charge in [-0.25, -0.2) is 0 Å². The molecule has 1 nitrogen and oxygen atoms in total. The second-order valence-electron chi connectivity index (χ2n) is 3.87. The molecule has 0 aromatic heterocycles. The molecule has 0 amide bonds. The molecule has 0 bridgehead atoms. The maximum absolute atomic E-state index is 8.27. The van der Waals surface area contributed by atoms with Gasteiger partial charge in [-0.1, -0.05) is 44.3 Å². The smallest absolute Gasteiger partial charge is 0.0908 e. The van der Waals surface area contributed by atoms with Gasteiger partial charge in [-0.2, -0.15) is 5.26 Å². The summed E-state index contributed by atoms with van der Waals surface area (Å²) in [6.07, 6.45) is 17.0. The lowest BCUT2D eigenvalue weighted by atomic mass is 10.1. The first-order valence-electron chi connectivity index (χ1n) is 6.07. The van der Waals surface area contributed by atoms with Gasteiger partial charge in [0, 0.05) is 6.08 Å². The molecular formula is C14H23N. The molecule has 0 aliphatic carbocycles. The maximum Gasteiger partial charge on any atom is 0.0908 e. The third kappa shape index (κ3) is 13.0. The summed E-state index contributed by atoms with van der Waals surface area (Å²) in [5.74, 6) is 0. The highest BCUT2D eigenvalue weighted by Gasteiger charge is 1.90. The first kappa shape index (κ1) is 14.0. The molecule has 0 radical (unpaired) electrons. The summed E-state index contributed by atoms with van der Waals surface area (Å²) in [5, 5.41) is 8.27. The molecular weight excluding hydrogens is 182 g/mol. The summed E-state index contributed by atoms with van der Waals surface area (Å²) < 4.78 is 0. The number of hydrogen-bond donors (Lipinski definition) is 0. The van der Waals surface area contributed by atoms with Crippen LogP contribution in [0.4, 0.5) is 0 Å². The average Bonchev–Trinajstić information content (AvgIpc) is 2.26. The quantitative estimate of drug-likeness (QED) is 0.286. The highest BCUT2D eigenvalue weighted by molar-refractivity contribution is 5.01. The highest BCUT2D eigenvalue weighted by Crippen LogP contribution is 2.09. The maximum atomic E-state index is 8.27. The number of rotatable bonds is 10. The van der Waals surface area contributed by atoms with Crippen LogP contribution in [0.2, 0.25) is 0 Å². The van der Waals surface area contributed by atoms with E-state index < -0.39 is 0 Å². The first-order chi connectivity index (χ1) is 7.41. The van der Waals surface area contributed by atoms with Gasteiger partial charge in [0.15, 0.2) is 0 Å². The standard InChI is InChI=1S/C14H23N/c1-2-3-4-5-6-7-8-9-10-11-12-13-14-15/h2,12-13H,1,3-11H2/b13-12+. The summed E-state index contributed by atoms with van der Waals surface area (Å²) in [4.78, 5) is 0. The van der Waals surface area contributed by atoms with Crippen LogP contribution in [0.25, 0.3) is 0 Å². The van der Waals surface area contributed by atoms with E-state index in [4.69, 9.17) is 5.26 Å². The molecule has 0 unspecified atom stereocenters. The Morgan fingerprint density at radius 3 is 1.93 bits per heavy atom. The van der Waals surface area contributed by atoms with Crippen LogP contribution in [0.3, 0.4) is 0 Å². The van der Waals surface area contributed by atoms with Crippen molar-refractivity contribution in [2.45, 2.75) is 57.8 Å². The molecule has 84 valence electrons. The van der Waals surface area contributed by atoms with Crippen molar-refractivity contribution in [3.63, 3.8) is 0 Å². The molecule has 0 fully saturated rings. The van der Waals surface area contributed by atoms with E-state index in [9.17, 15) is 0 Å². The van der Waals surface area contributed by atoms with Gasteiger partial charge in [-0.3, -0.25) is 0 Å². The van der Waals surface area contributed by atoms with E-state index in [2.05, 4.69) is 6.58 Å². The molecule has 0 heterocycles. The Kier molecular flexibility index (Phi) is 12.1. The number of nitriles is 1. The molecule has 0 spiro atoms. The van der Waals surface area contributed by atoms with Gasteiger partial charge in [0.1, 0.15) is 0 Å². The summed E-state index contributed by atoms with van der Waals surface area (Å²) in [6.45, 7) is 3.71. The van der Waals surface area contributed by atoms with Crippen LogP contribution in [-0.2, 0) is 0 Å². The molecule has 0 aliphatic rings. The molecule has 0 saturated carbocycles. The van der Waals surface area contributed by atoms with Crippen LogP contribution in [0.1, 0.15) is 57.8 Å². The number of unbranched alkanes of at least 4 members (excludes halogenated alkanes) is 8. The zero-order chi connectivity index (χ0) is 11.2. The molecule has 0 saturated heterocycles. The zero-order valence-electron chi connectivity index (χ0n) is 9.75. The lowest BCUT2D eigenvalue weighted by Crippen LogP contribution is -1.80. The summed E-state index contributed by atoms with van der Waals surface area (Å²) in [7, 11) is 0. The fraction of sp³-hybridized carbons (Fsp3) is 0.643. The van der Waals surface area contributed by atoms with Gasteiger partial charge < -0.3 is 0 Å². The van der Waals surface area contributed by atoms with Crippen LogP contribution >= 0.6 is 0 Å². The van der Waals surface area contributed by atoms with Gasteiger partial charge >= 0.3 is 0 Å². The number of allylic oxidation sites excluding steroid dienone is 3. The fourth-order valence-corrected chi connectivity index (χ4v) is 1.57. The van der Waals surface area contributed by atoms with E-state index in [1.54, 1.807) is 6.08 Å². The van der Waals surface area contributed by atoms with E-state index in [1.807, 2.05) is 18.2 Å². The topological polar surface area (TPSA) is 23.8 Å². The second kappa shape index (κ2) is 13.0. The Bertz CT molecular complexity index is 198. The molecule has 0 atom stereocenters. The van der Waals surface area contributed by atoms with Crippen LogP contribution in [-0.4, -0.2) is 0 Å². The monoisotopic (exact) mass is 205 g/mol. The predicted octanol–water partition coefficient (Wildman–Crippen LogP) is 4.76. The van der Waals surface area contributed by atoms with E-state index in [1.165, 1.54) is 51.4 Å². The minimum absolute atomic E-state index is 1.06. The van der Waals surface area contributed by atoms with Crippen LogP contribution < -0.4 is 0 Å². The zero-order valence-corrected chi connectivity index (χ0v) is 9.75. The molecule has 1 heteroatoms. The Morgan fingerprint density at radius 1 is 0.867 bits per heavy atom. The van der Waals surface area contributed by atoms with Crippen molar-refractivity contribution in [2.24, 2.45) is 0 Å². The van der Waals surface area contributed by atoms with Crippen LogP contribution in [0.15, 0.2) is 24.8 Å². The summed E-state index contributed by atoms with van der Waals surface area (Å²) in [6, 6.07) is 2.01. The van der Waals surface area contributed by atoms with Gasteiger partial charge in [0.05, 0.1) is 6.07 Å². The van der Waals surface area contributed by atoms with Crippen molar-refractivity contribution in [3.8, 4) is 6.07 Å². The van der Waals surface area contributed by atoms with E-state index in [-0.39, 0.29) is 0 Å². The van der Waals surface area contributed by atoms with Gasteiger partial charge in [0.2, 0.25) is 0 Å². The Morgan fingerprint density at radius 2 is 1.40 bits per heavy atom. The Hall–Kier alpha value is -1.03. The van der Waals surface area contributed by atoms with E-state index >= 15 is 0 Å². The normalized spacial score (nSPS) is 10.3. The van der Waals surface area contributed by atoms with E-state index in [0.29, 0.717) is 0 Å². The van der Waals surface area contributed by atoms with Gasteiger partial charge in [-0.05, 0) is 25.7 Å².